The van der Waals surface area contributed by atoms with Crippen molar-refractivity contribution in [3.63, 3.8) is 0 Å². The van der Waals surface area contributed by atoms with E-state index in [1.54, 1.807) is 28.8 Å². The molecule has 110 valence electrons. The van der Waals surface area contributed by atoms with E-state index >= 15 is 0 Å². The molecule has 0 aliphatic carbocycles. The number of rotatable bonds is 3. The number of nitrogens with zero attached hydrogens (tertiary/aromatic N) is 2. The molecular weight excluding hydrogens is 300 g/mol. The first-order chi connectivity index (χ1) is 10.6. The SMILES string of the molecule is O=C(O)Cn1c(=NC(=O)c2ccccc2)sc2ccccc21. The molecule has 1 amide bonds. The molecule has 0 aliphatic rings. The number of carbonyl (C=O) groups excluding carboxylic acids is 1. The minimum atomic E-state index is -0.975. The van der Waals surface area contributed by atoms with Crippen LogP contribution in [0.4, 0.5) is 0 Å². The number of para-hydroxylation sites is 1. The van der Waals surface area contributed by atoms with E-state index in [0.29, 0.717) is 10.4 Å². The summed E-state index contributed by atoms with van der Waals surface area (Å²) in [5.74, 6) is -1.36. The third-order valence-corrected chi connectivity index (χ3v) is 4.16. The Labute approximate surface area is 129 Å². The highest BCUT2D eigenvalue weighted by atomic mass is 32.1. The lowest BCUT2D eigenvalue weighted by atomic mass is 10.2. The molecule has 3 aromatic rings. The molecule has 1 N–H and O–H groups in total. The van der Waals surface area contributed by atoms with E-state index in [4.69, 9.17) is 5.11 Å². The molecule has 22 heavy (non-hydrogen) atoms. The normalized spacial score (nSPS) is 11.7. The van der Waals surface area contributed by atoms with Gasteiger partial charge in [0.15, 0.2) is 4.80 Å². The van der Waals surface area contributed by atoms with E-state index < -0.39 is 5.97 Å². The number of thiazole rings is 1. The monoisotopic (exact) mass is 312 g/mol. The second-order valence-corrected chi connectivity index (χ2v) is 5.62. The van der Waals surface area contributed by atoms with Gasteiger partial charge in [-0.2, -0.15) is 4.99 Å². The topological polar surface area (TPSA) is 71.7 Å². The molecule has 0 saturated heterocycles. The summed E-state index contributed by atoms with van der Waals surface area (Å²) in [6, 6.07) is 16.1. The third kappa shape index (κ3) is 2.82. The number of hydrogen-bond donors (Lipinski definition) is 1. The highest BCUT2D eigenvalue weighted by Gasteiger charge is 2.10. The molecule has 1 heterocycles. The van der Waals surface area contributed by atoms with Gasteiger partial charge >= 0.3 is 5.97 Å². The molecule has 0 unspecified atom stereocenters. The largest absolute Gasteiger partial charge is 0.480 e. The molecule has 3 rings (SSSR count). The molecule has 0 atom stereocenters. The summed E-state index contributed by atoms with van der Waals surface area (Å²) in [7, 11) is 0. The Morgan fingerprint density at radius 3 is 2.45 bits per heavy atom. The van der Waals surface area contributed by atoms with Gasteiger partial charge in [0.2, 0.25) is 0 Å². The van der Waals surface area contributed by atoms with E-state index in [0.717, 1.165) is 10.2 Å². The van der Waals surface area contributed by atoms with Crippen molar-refractivity contribution < 1.29 is 14.7 Å². The first kappa shape index (κ1) is 14.2. The fourth-order valence-electron chi connectivity index (χ4n) is 2.13. The smallest absolute Gasteiger partial charge is 0.323 e. The summed E-state index contributed by atoms with van der Waals surface area (Å²) in [5.41, 5.74) is 1.23. The average molecular weight is 312 g/mol. The van der Waals surface area contributed by atoms with Gasteiger partial charge in [-0.05, 0) is 24.3 Å². The van der Waals surface area contributed by atoms with Crippen LogP contribution in [0.1, 0.15) is 10.4 Å². The lowest BCUT2D eigenvalue weighted by Gasteiger charge is -2.00. The Morgan fingerprint density at radius 1 is 1.05 bits per heavy atom. The highest BCUT2D eigenvalue weighted by molar-refractivity contribution is 7.16. The maximum absolute atomic E-state index is 12.2. The van der Waals surface area contributed by atoms with Gasteiger partial charge in [0.1, 0.15) is 6.54 Å². The first-order valence-electron chi connectivity index (χ1n) is 6.59. The Balaban J connectivity index is 2.15. The van der Waals surface area contributed by atoms with Crippen LogP contribution in [0.5, 0.6) is 0 Å². The second-order valence-electron chi connectivity index (χ2n) is 4.62. The van der Waals surface area contributed by atoms with E-state index in [1.165, 1.54) is 11.3 Å². The first-order valence-corrected chi connectivity index (χ1v) is 7.41. The van der Waals surface area contributed by atoms with Gasteiger partial charge in [-0.25, -0.2) is 0 Å². The van der Waals surface area contributed by atoms with Crippen LogP contribution in [-0.2, 0) is 11.3 Å². The molecule has 0 bridgehead atoms. The second kappa shape index (κ2) is 5.95. The van der Waals surface area contributed by atoms with Gasteiger partial charge < -0.3 is 9.67 Å². The van der Waals surface area contributed by atoms with Crippen LogP contribution in [0.25, 0.3) is 10.2 Å². The van der Waals surface area contributed by atoms with E-state index in [1.807, 2.05) is 30.3 Å². The van der Waals surface area contributed by atoms with Crippen LogP contribution in [0.2, 0.25) is 0 Å². The van der Waals surface area contributed by atoms with Crippen molar-refractivity contribution in [2.45, 2.75) is 6.54 Å². The standard InChI is InChI=1S/C16H12N2O3S/c19-14(20)10-18-12-8-4-5-9-13(12)22-16(18)17-15(21)11-6-2-1-3-7-11/h1-9H,10H2,(H,19,20). The summed E-state index contributed by atoms with van der Waals surface area (Å²) in [6.45, 7) is -0.231. The Hall–Kier alpha value is -2.73. The molecule has 0 fully saturated rings. The van der Waals surface area contributed by atoms with Gasteiger partial charge in [0.05, 0.1) is 10.2 Å². The molecular formula is C16H12N2O3S. The molecule has 2 aromatic carbocycles. The summed E-state index contributed by atoms with van der Waals surface area (Å²) in [6.07, 6.45) is 0. The van der Waals surface area contributed by atoms with Gasteiger partial charge in [-0.15, -0.1) is 0 Å². The Morgan fingerprint density at radius 2 is 1.73 bits per heavy atom. The van der Waals surface area contributed by atoms with Gasteiger partial charge in [0.25, 0.3) is 5.91 Å². The minimum absolute atomic E-state index is 0.231. The maximum atomic E-state index is 12.2. The predicted molar refractivity (Wildman–Crippen MR) is 83.8 cm³/mol. The van der Waals surface area contributed by atoms with Gasteiger partial charge in [-0.1, -0.05) is 41.7 Å². The molecule has 0 aliphatic heterocycles. The van der Waals surface area contributed by atoms with Crippen molar-refractivity contribution in [3.05, 3.63) is 65.0 Å². The fourth-order valence-corrected chi connectivity index (χ4v) is 3.15. The number of aromatic nitrogens is 1. The lowest BCUT2D eigenvalue weighted by Crippen LogP contribution is -2.21. The number of fused-ring (bicyclic) bond motifs is 1. The van der Waals surface area contributed by atoms with Crippen LogP contribution < -0.4 is 4.80 Å². The Kier molecular flexibility index (Phi) is 3.84. The van der Waals surface area contributed by atoms with E-state index in [2.05, 4.69) is 4.99 Å². The van der Waals surface area contributed by atoms with Crippen molar-refractivity contribution in [3.8, 4) is 0 Å². The zero-order chi connectivity index (χ0) is 15.5. The zero-order valence-corrected chi connectivity index (χ0v) is 12.3. The van der Waals surface area contributed by atoms with Crippen molar-refractivity contribution in [2.24, 2.45) is 4.99 Å². The molecule has 6 heteroatoms. The summed E-state index contributed by atoms with van der Waals surface area (Å²) < 4.78 is 2.44. The number of amides is 1. The molecule has 0 radical (unpaired) electrons. The van der Waals surface area contributed by atoms with Crippen LogP contribution in [0.15, 0.2) is 59.6 Å². The Bertz CT molecular complexity index is 910. The summed E-state index contributed by atoms with van der Waals surface area (Å²) in [5, 5.41) is 9.08. The zero-order valence-electron chi connectivity index (χ0n) is 11.5. The fraction of sp³-hybridized carbons (Fsp3) is 0.0625. The number of carboxylic acids is 1. The average Bonchev–Trinajstić information content (AvgIpc) is 2.85. The van der Waals surface area contributed by atoms with Crippen molar-refractivity contribution >= 4 is 33.4 Å². The molecule has 5 nitrogen and oxygen atoms in total. The third-order valence-electron chi connectivity index (χ3n) is 3.10. The minimum Gasteiger partial charge on any atom is -0.480 e. The quantitative estimate of drug-likeness (QED) is 0.808. The van der Waals surface area contributed by atoms with Crippen LogP contribution in [-0.4, -0.2) is 21.6 Å². The molecule has 0 spiro atoms. The maximum Gasteiger partial charge on any atom is 0.323 e. The van der Waals surface area contributed by atoms with E-state index in [9.17, 15) is 9.59 Å². The summed E-state index contributed by atoms with van der Waals surface area (Å²) >= 11 is 1.30. The van der Waals surface area contributed by atoms with Crippen LogP contribution in [0, 0.1) is 0 Å². The van der Waals surface area contributed by atoms with Gasteiger partial charge in [0, 0.05) is 5.56 Å². The number of aliphatic carboxylic acids is 1. The predicted octanol–water partition coefficient (Wildman–Crippen LogP) is 2.53. The number of carboxylic acid groups (broad SMARTS) is 1. The van der Waals surface area contributed by atoms with Crippen LogP contribution in [0.3, 0.4) is 0 Å². The van der Waals surface area contributed by atoms with Crippen molar-refractivity contribution in [2.75, 3.05) is 0 Å². The lowest BCUT2D eigenvalue weighted by molar-refractivity contribution is -0.137. The highest BCUT2D eigenvalue weighted by Crippen LogP contribution is 2.16. The van der Waals surface area contributed by atoms with E-state index in [-0.39, 0.29) is 12.5 Å². The number of hydrogen-bond acceptors (Lipinski definition) is 3. The number of carbonyl (C=O) groups is 2. The number of benzene rings is 2. The molecule has 0 saturated carbocycles. The van der Waals surface area contributed by atoms with Crippen LogP contribution >= 0.6 is 11.3 Å². The van der Waals surface area contributed by atoms with Crippen molar-refractivity contribution in [1.82, 2.24) is 4.57 Å². The van der Waals surface area contributed by atoms with Gasteiger partial charge in [-0.3, -0.25) is 9.59 Å². The summed E-state index contributed by atoms with van der Waals surface area (Å²) in [4.78, 5) is 27.8. The molecule has 1 aromatic heterocycles. The van der Waals surface area contributed by atoms with Crippen molar-refractivity contribution in [1.29, 1.82) is 0 Å².